The van der Waals surface area contributed by atoms with E-state index < -0.39 is 17.9 Å². The van der Waals surface area contributed by atoms with Crippen LogP contribution in [0.15, 0.2) is 60.8 Å². The predicted molar refractivity (Wildman–Crippen MR) is 113 cm³/mol. The van der Waals surface area contributed by atoms with Crippen molar-refractivity contribution in [3.8, 4) is 0 Å². The van der Waals surface area contributed by atoms with E-state index in [2.05, 4.69) is 11.5 Å². The summed E-state index contributed by atoms with van der Waals surface area (Å²) in [7, 11) is 0. The summed E-state index contributed by atoms with van der Waals surface area (Å²) >= 11 is 0. The fourth-order valence-electron chi connectivity index (χ4n) is 5.15. The van der Waals surface area contributed by atoms with Gasteiger partial charge in [0.05, 0.1) is 12.6 Å². The van der Waals surface area contributed by atoms with Gasteiger partial charge < -0.3 is 14.5 Å². The summed E-state index contributed by atoms with van der Waals surface area (Å²) in [5.41, 5.74) is 3.94. The number of nitrogens with zero attached hydrogens (tertiary/aromatic N) is 2. The molecule has 2 aromatic rings. The average molecular weight is 420 g/mol. The molecule has 5 nitrogen and oxygen atoms in total. The van der Waals surface area contributed by atoms with E-state index in [4.69, 9.17) is 4.74 Å². The zero-order valence-electron chi connectivity index (χ0n) is 17.3. The maximum atomic E-state index is 13.5. The number of hydrogen-bond acceptors (Lipinski definition) is 4. The first kappa shape index (κ1) is 19.8. The molecular weight excluding hydrogens is 395 g/mol. The van der Waals surface area contributed by atoms with Crippen molar-refractivity contribution in [2.24, 2.45) is 5.92 Å². The van der Waals surface area contributed by atoms with Crippen LogP contribution in [0.1, 0.15) is 35.6 Å². The third-order valence-corrected chi connectivity index (χ3v) is 6.80. The van der Waals surface area contributed by atoms with Crippen LogP contribution in [0.2, 0.25) is 0 Å². The smallest absolute Gasteiger partial charge is 0.397 e. The van der Waals surface area contributed by atoms with Crippen molar-refractivity contribution in [2.75, 3.05) is 19.6 Å². The molecule has 6 heteroatoms. The van der Waals surface area contributed by atoms with E-state index in [-0.39, 0.29) is 17.8 Å². The molecule has 4 aliphatic heterocycles. The number of ether oxygens (including phenoxy) is 1. The second-order valence-electron chi connectivity index (χ2n) is 8.61. The van der Waals surface area contributed by atoms with Crippen LogP contribution < -0.4 is 0 Å². The van der Waals surface area contributed by atoms with Gasteiger partial charge >= 0.3 is 11.9 Å². The van der Waals surface area contributed by atoms with Crippen molar-refractivity contribution in [3.05, 3.63) is 83.3 Å². The first-order valence-electron chi connectivity index (χ1n) is 10.8. The van der Waals surface area contributed by atoms with Crippen molar-refractivity contribution in [1.82, 2.24) is 9.80 Å². The zero-order valence-corrected chi connectivity index (χ0v) is 17.3. The molecule has 6 rings (SSSR count). The van der Waals surface area contributed by atoms with Crippen LogP contribution in [0.5, 0.6) is 0 Å². The van der Waals surface area contributed by atoms with Gasteiger partial charge in [-0.1, -0.05) is 43.0 Å². The van der Waals surface area contributed by atoms with E-state index in [1.807, 2.05) is 24.3 Å². The normalized spacial score (nSPS) is 24.7. The topological polar surface area (TPSA) is 49.9 Å². The Morgan fingerprint density at radius 1 is 1.06 bits per heavy atom. The minimum atomic E-state index is -0.809. The molecule has 4 heterocycles. The lowest BCUT2D eigenvalue weighted by Crippen LogP contribution is -2.52. The summed E-state index contributed by atoms with van der Waals surface area (Å²) in [5, 5.41) is 0. The number of carbonyl (C=O) groups is 2. The van der Waals surface area contributed by atoms with Crippen molar-refractivity contribution in [3.63, 3.8) is 0 Å². The van der Waals surface area contributed by atoms with Gasteiger partial charge in [-0.15, -0.1) is 0 Å². The molecule has 0 saturated carbocycles. The predicted octanol–water partition coefficient (Wildman–Crippen LogP) is 3.45. The van der Waals surface area contributed by atoms with Gasteiger partial charge in [0.25, 0.3) is 0 Å². The van der Waals surface area contributed by atoms with Gasteiger partial charge in [0, 0.05) is 24.7 Å². The highest BCUT2D eigenvalue weighted by atomic mass is 19.1. The third-order valence-electron chi connectivity index (χ3n) is 6.80. The Labute approximate surface area is 181 Å². The number of esters is 1. The molecule has 1 unspecified atom stereocenters. The molecule has 31 heavy (non-hydrogen) atoms. The lowest BCUT2D eigenvalue weighted by atomic mass is 9.84. The van der Waals surface area contributed by atoms with Crippen LogP contribution in [-0.2, 0) is 20.7 Å². The SMILES string of the molecule is C=C1CC2CCN1C[C@H]2OC(=O)C(=O)N1CCc2ccccc2[C@@H]1c1ccc(F)cc1. The van der Waals surface area contributed by atoms with E-state index in [0.717, 1.165) is 41.8 Å². The first-order chi connectivity index (χ1) is 15.0. The van der Waals surface area contributed by atoms with E-state index in [0.29, 0.717) is 19.5 Å². The number of rotatable bonds is 2. The van der Waals surface area contributed by atoms with Crippen LogP contribution in [0.3, 0.4) is 0 Å². The van der Waals surface area contributed by atoms with Gasteiger partial charge in [0.1, 0.15) is 11.9 Å². The molecule has 0 radical (unpaired) electrons. The number of carbonyl (C=O) groups excluding carboxylic acids is 2. The summed E-state index contributed by atoms with van der Waals surface area (Å²) in [4.78, 5) is 29.9. The molecule has 0 spiro atoms. The van der Waals surface area contributed by atoms with E-state index in [1.165, 1.54) is 12.1 Å². The Morgan fingerprint density at radius 3 is 2.55 bits per heavy atom. The maximum Gasteiger partial charge on any atom is 0.397 e. The molecule has 0 aromatic heterocycles. The summed E-state index contributed by atoms with van der Waals surface area (Å²) in [5.74, 6) is -1.56. The number of hydrogen-bond donors (Lipinski definition) is 0. The molecule has 2 bridgehead atoms. The van der Waals surface area contributed by atoms with Gasteiger partial charge in [0.15, 0.2) is 0 Å². The largest absolute Gasteiger partial charge is 0.453 e. The summed E-state index contributed by atoms with van der Waals surface area (Å²) in [6.07, 6.45) is 2.13. The van der Waals surface area contributed by atoms with Crippen LogP contribution in [0, 0.1) is 11.7 Å². The number of fused-ring (bicyclic) bond motifs is 4. The minimum absolute atomic E-state index is 0.226. The minimum Gasteiger partial charge on any atom is -0.453 e. The van der Waals surface area contributed by atoms with Crippen LogP contribution >= 0.6 is 0 Å². The first-order valence-corrected chi connectivity index (χ1v) is 10.8. The molecule has 160 valence electrons. The van der Waals surface area contributed by atoms with Crippen molar-refractivity contribution < 1.29 is 18.7 Å². The standard InChI is InChI=1S/C25H25FN2O3/c1-16-14-19-10-12-27(16)15-22(19)31-25(30)24(29)28-13-11-17-4-2-3-5-21(17)23(28)18-6-8-20(26)9-7-18/h2-9,19,22-23H,1,10-15H2/t19?,22-,23+/m1/s1. The molecule has 3 atom stereocenters. The number of allylic oxidation sites excluding steroid dienone is 1. The van der Waals surface area contributed by atoms with Crippen molar-refractivity contribution in [2.45, 2.75) is 31.4 Å². The number of piperidine rings is 3. The van der Waals surface area contributed by atoms with E-state index in [1.54, 1.807) is 17.0 Å². The Bertz CT molecular complexity index is 1040. The Morgan fingerprint density at radius 2 is 1.84 bits per heavy atom. The van der Waals surface area contributed by atoms with Gasteiger partial charge in [-0.05, 0) is 48.1 Å². The monoisotopic (exact) mass is 420 g/mol. The third kappa shape index (κ3) is 3.60. The fraction of sp³-hybridized carbons (Fsp3) is 0.360. The summed E-state index contributed by atoms with van der Waals surface area (Å²) < 4.78 is 19.2. The molecule has 0 aliphatic carbocycles. The van der Waals surface area contributed by atoms with E-state index in [9.17, 15) is 14.0 Å². The second kappa shape index (κ2) is 7.84. The van der Waals surface area contributed by atoms with Crippen LogP contribution in [0.25, 0.3) is 0 Å². The van der Waals surface area contributed by atoms with Gasteiger partial charge in [-0.25, -0.2) is 9.18 Å². The highest BCUT2D eigenvalue weighted by Gasteiger charge is 2.41. The highest BCUT2D eigenvalue weighted by Crippen LogP contribution is 2.37. The van der Waals surface area contributed by atoms with Gasteiger partial charge in [-0.3, -0.25) is 4.79 Å². The van der Waals surface area contributed by atoms with Crippen LogP contribution in [0.4, 0.5) is 4.39 Å². The highest BCUT2D eigenvalue weighted by molar-refractivity contribution is 6.32. The molecule has 2 aromatic carbocycles. The van der Waals surface area contributed by atoms with Gasteiger partial charge in [0.2, 0.25) is 0 Å². The second-order valence-corrected chi connectivity index (χ2v) is 8.61. The van der Waals surface area contributed by atoms with Crippen LogP contribution in [-0.4, -0.2) is 47.4 Å². The molecule has 0 N–H and O–H groups in total. The van der Waals surface area contributed by atoms with Crippen molar-refractivity contribution in [1.29, 1.82) is 0 Å². The molecule has 1 amide bonds. The zero-order chi connectivity index (χ0) is 21.5. The van der Waals surface area contributed by atoms with Gasteiger partial charge in [-0.2, -0.15) is 0 Å². The van der Waals surface area contributed by atoms with Crippen molar-refractivity contribution >= 4 is 11.9 Å². The summed E-state index contributed by atoms with van der Waals surface area (Å²) in [6, 6.07) is 13.5. The van der Waals surface area contributed by atoms with E-state index >= 15 is 0 Å². The Kier molecular flexibility index (Phi) is 5.00. The molecule has 3 fully saturated rings. The Balaban J connectivity index is 1.40. The molecule has 3 saturated heterocycles. The number of amides is 1. The maximum absolute atomic E-state index is 13.5. The number of benzene rings is 2. The fourth-order valence-corrected chi connectivity index (χ4v) is 5.15. The average Bonchev–Trinajstić information content (AvgIpc) is 2.79. The Hall–Kier alpha value is -3.15. The molecular formula is C25H25FN2O3. The summed E-state index contributed by atoms with van der Waals surface area (Å²) in [6.45, 7) is 6.02. The lowest BCUT2D eigenvalue weighted by Gasteiger charge is -2.46. The quantitative estimate of drug-likeness (QED) is 0.552. The number of halogens is 1. The lowest BCUT2D eigenvalue weighted by molar-refractivity contribution is -0.170. The molecule has 4 aliphatic rings.